The maximum Gasteiger partial charge on any atom is 0.410 e. The van der Waals surface area contributed by atoms with Gasteiger partial charge in [-0.25, -0.2) is 4.79 Å². The number of hydrogen-bond acceptors (Lipinski definition) is 4. The van der Waals surface area contributed by atoms with Crippen molar-refractivity contribution in [2.24, 2.45) is 11.8 Å². The molecule has 3 aromatic carbocycles. The first kappa shape index (κ1) is 20.9. The lowest BCUT2D eigenvalue weighted by Gasteiger charge is -2.28. The lowest BCUT2D eigenvalue weighted by atomic mass is 9.89. The predicted octanol–water partition coefficient (Wildman–Crippen LogP) is 4.18. The fourth-order valence-electron chi connectivity index (χ4n) is 4.83. The Morgan fingerprint density at radius 2 is 1.36 bits per heavy atom. The Kier molecular flexibility index (Phi) is 5.65. The van der Waals surface area contributed by atoms with E-state index in [0.717, 1.165) is 16.7 Å². The van der Waals surface area contributed by atoms with E-state index in [1.54, 1.807) is 4.90 Å². The third kappa shape index (κ3) is 4.00. The molecule has 6 nitrogen and oxygen atoms in total. The first-order chi connectivity index (χ1) is 16.1. The van der Waals surface area contributed by atoms with E-state index in [1.807, 2.05) is 91.0 Å². The van der Waals surface area contributed by atoms with Crippen LogP contribution in [0.2, 0.25) is 0 Å². The maximum atomic E-state index is 13.5. The number of carbonyl (C=O) groups excluding carboxylic acids is 3. The standard InChI is InChI=1S/C27H24N2O4/c30-25-22-17-28(27(32)33-18-20-12-6-2-7-13-20)24(21-14-8-3-9-15-21)23(22)26(31)29(25)16-19-10-4-1-5-11-19/h1-15,22-24H,16-18H2. The van der Waals surface area contributed by atoms with Gasteiger partial charge in [-0.15, -0.1) is 0 Å². The van der Waals surface area contributed by atoms with Crippen molar-refractivity contribution in [3.63, 3.8) is 0 Å². The summed E-state index contributed by atoms with van der Waals surface area (Å²) in [6, 6.07) is 27.8. The minimum absolute atomic E-state index is 0.134. The highest BCUT2D eigenvalue weighted by Crippen LogP contribution is 2.46. The van der Waals surface area contributed by atoms with Gasteiger partial charge in [0.15, 0.2) is 0 Å². The smallest absolute Gasteiger partial charge is 0.410 e. The van der Waals surface area contributed by atoms with E-state index in [4.69, 9.17) is 4.74 Å². The van der Waals surface area contributed by atoms with E-state index in [1.165, 1.54) is 4.90 Å². The zero-order chi connectivity index (χ0) is 22.8. The molecule has 3 unspecified atom stereocenters. The van der Waals surface area contributed by atoms with Crippen LogP contribution in [0, 0.1) is 11.8 Å². The van der Waals surface area contributed by atoms with E-state index >= 15 is 0 Å². The van der Waals surface area contributed by atoms with Crippen molar-refractivity contribution in [3.8, 4) is 0 Å². The molecule has 0 aliphatic carbocycles. The van der Waals surface area contributed by atoms with Crippen LogP contribution in [0.1, 0.15) is 22.7 Å². The van der Waals surface area contributed by atoms with Crippen molar-refractivity contribution < 1.29 is 19.1 Å². The monoisotopic (exact) mass is 440 g/mol. The maximum absolute atomic E-state index is 13.5. The van der Waals surface area contributed by atoms with Crippen LogP contribution in [0.25, 0.3) is 0 Å². The first-order valence-corrected chi connectivity index (χ1v) is 11.0. The third-order valence-corrected chi connectivity index (χ3v) is 6.40. The summed E-state index contributed by atoms with van der Waals surface area (Å²) >= 11 is 0. The van der Waals surface area contributed by atoms with E-state index < -0.39 is 24.0 Å². The largest absolute Gasteiger partial charge is 0.445 e. The second kappa shape index (κ2) is 8.90. The molecular weight excluding hydrogens is 416 g/mol. The summed E-state index contributed by atoms with van der Waals surface area (Å²) in [7, 11) is 0. The lowest BCUT2D eigenvalue weighted by molar-refractivity contribution is -0.141. The molecular formula is C27H24N2O4. The fourth-order valence-corrected chi connectivity index (χ4v) is 4.83. The van der Waals surface area contributed by atoms with Crippen molar-refractivity contribution >= 4 is 17.9 Å². The van der Waals surface area contributed by atoms with Gasteiger partial charge in [-0.05, 0) is 16.7 Å². The zero-order valence-corrected chi connectivity index (χ0v) is 18.0. The molecule has 3 aromatic rings. The molecule has 5 rings (SSSR count). The number of likely N-dealkylation sites (tertiary alicyclic amines) is 2. The Morgan fingerprint density at radius 1 is 0.788 bits per heavy atom. The summed E-state index contributed by atoms with van der Waals surface area (Å²) in [5.74, 6) is -1.65. The summed E-state index contributed by atoms with van der Waals surface area (Å²) in [5.41, 5.74) is 2.60. The summed E-state index contributed by atoms with van der Waals surface area (Å²) in [4.78, 5) is 42.7. The Hall–Kier alpha value is -3.93. The minimum atomic E-state index is -0.618. The van der Waals surface area contributed by atoms with Gasteiger partial charge < -0.3 is 4.74 Å². The molecule has 0 radical (unpaired) electrons. The number of hydrogen-bond donors (Lipinski definition) is 0. The van der Waals surface area contributed by atoms with Crippen LogP contribution < -0.4 is 0 Å². The van der Waals surface area contributed by atoms with Gasteiger partial charge in [0.1, 0.15) is 6.61 Å². The second-order valence-electron chi connectivity index (χ2n) is 8.43. The molecule has 33 heavy (non-hydrogen) atoms. The van der Waals surface area contributed by atoms with E-state index in [9.17, 15) is 14.4 Å². The molecule has 6 heteroatoms. The number of imide groups is 1. The highest BCUT2D eigenvalue weighted by molar-refractivity contribution is 6.06. The van der Waals surface area contributed by atoms with Crippen LogP contribution in [-0.4, -0.2) is 34.3 Å². The Balaban J connectivity index is 1.40. The highest BCUT2D eigenvalue weighted by Gasteiger charge is 2.59. The van der Waals surface area contributed by atoms with E-state index in [0.29, 0.717) is 0 Å². The summed E-state index contributed by atoms with van der Waals surface area (Å²) in [6.45, 7) is 0.536. The molecule has 0 bridgehead atoms. The van der Waals surface area contributed by atoms with Gasteiger partial charge in [-0.3, -0.25) is 19.4 Å². The van der Waals surface area contributed by atoms with Crippen molar-refractivity contribution in [1.82, 2.24) is 9.80 Å². The van der Waals surface area contributed by atoms with Crippen molar-refractivity contribution in [3.05, 3.63) is 108 Å². The van der Waals surface area contributed by atoms with Gasteiger partial charge >= 0.3 is 6.09 Å². The summed E-state index contributed by atoms with van der Waals surface area (Å²) in [5, 5.41) is 0. The van der Waals surface area contributed by atoms with Crippen LogP contribution in [0.15, 0.2) is 91.0 Å². The first-order valence-electron chi connectivity index (χ1n) is 11.0. The Labute approximate surface area is 192 Å². The predicted molar refractivity (Wildman–Crippen MR) is 121 cm³/mol. The molecule has 0 aromatic heterocycles. The third-order valence-electron chi connectivity index (χ3n) is 6.40. The fraction of sp³-hybridized carbons (Fsp3) is 0.222. The molecule has 3 atom stereocenters. The molecule has 166 valence electrons. The van der Waals surface area contributed by atoms with Gasteiger partial charge in [0, 0.05) is 6.54 Å². The summed E-state index contributed by atoms with van der Waals surface area (Å²) in [6.07, 6.45) is -0.516. The van der Waals surface area contributed by atoms with E-state index in [-0.39, 0.29) is 31.5 Å². The minimum Gasteiger partial charge on any atom is -0.445 e. The number of nitrogens with zero attached hydrogens (tertiary/aromatic N) is 2. The molecule has 3 amide bonds. The van der Waals surface area contributed by atoms with Crippen LogP contribution in [-0.2, 0) is 27.5 Å². The molecule has 0 spiro atoms. The van der Waals surface area contributed by atoms with Crippen molar-refractivity contribution in [2.75, 3.05) is 6.54 Å². The highest BCUT2D eigenvalue weighted by atomic mass is 16.6. The van der Waals surface area contributed by atoms with Gasteiger partial charge in [0.25, 0.3) is 0 Å². The molecule has 0 saturated carbocycles. The van der Waals surface area contributed by atoms with Crippen LogP contribution in [0.3, 0.4) is 0 Å². The number of rotatable bonds is 5. The topological polar surface area (TPSA) is 66.9 Å². The average Bonchev–Trinajstić information content (AvgIpc) is 3.36. The van der Waals surface area contributed by atoms with Gasteiger partial charge in [0.05, 0.1) is 24.4 Å². The Bertz CT molecular complexity index is 1150. The zero-order valence-electron chi connectivity index (χ0n) is 18.0. The SMILES string of the molecule is O=C1C2CN(C(=O)OCc3ccccc3)C(c3ccccc3)C2C(=O)N1Cc1ccccc1. The average molecular weight is 440 g/mol. The molecule has 2 fully saturated rings. The number of ether oxygens (including phenoxy) is 1. The normalized spacial score (nSPS) is 21.9. The van der Waals surface area contributed by atoms with Crippen LogP contribution >= 0.6 is 0 Å². The molecule has 0 N–H and O–H groups in total. The van der Waals surface area contributed by atoms with Gasteiger partial charge in [-0.2, -0.15) is 0 Å². The molecule has 2 heterocycles. The van der Waals surface area contributed by atoms with Crippen LogP contribution in [0.4, 0.5) is 4.79 Å². The number of amides is 3. The van der Waals surface area contributed by atoms with Crippen molar-refractivity contribution in [1.29, 1.82) is 0 Å². The second-order valence-corrected chi connectivity index (χ2v) is 8.43. The van der Waals surface area contributed by atoms with Gasteiger partial charge in [-0.1, -0.05) is 91.0 Å². The molecule has 2 saturated heterocycles. The lowest BCUT2D eigenvalue weighted by Crippen LogP contribution is -2.39. The van der Waals surface area contributed by atoms with E-state index in [2.05, 4.69) is 0 Å². The van der Waals surface area contributed by atoms with Gasteiger partial charge in [0.2, 0.25) is 11.8 Å². The number of carbonyl (C=O) groups is 3. The molecule has 2 aliphatic rings. The Morgan fingerprint density at radius 3 is 2.00 bits per heavy atom. The van der Waals surface area contributed by atoms with Crippen molar-refractivity contribution in [2.45, 2.75) is 19.2 Å². The number of fused-ring (bicyclic) bond motifs is 1. The van der Waals surface area contributed by atoms with Crippen LogP contribution in [0.5, 0.6) is 0 Å². The number of benzene rings is 3. The quantitative estimate of drug-likeness (QED) is 0.558. The summed E-state index contributed by atoms with van der Waals surface area (Å²) < 4.78 is 5.57. The molecule has 2 aliphatic heterocycles.